The van der Waals surface area contributed by atoms with E-state index in [2.05, 4.69) is 31.1 Å². The molecular weight excluding hydrogens is 362 g/mol. The van der Waals surface area contributed by atoms with E-state index in [4.69, 9.17) is 0 Å². The predicted octanol–water partition coefficient (Wildman–Crippen LogP) is 4.19. The molecule has 23 heavy (non-hydrogen) atoms. The van der Waals surface area contributed by atoms with Crippen molar-refractivity contribution in [1.29, 1.82) is 0 Å². The molecule has 1 aromatic heterocycles. The lowest BCUT2D eigenvalue weighted by Gasteiger charge is -2.00. The number of phenolic OH excluding ortho intramolecular Hbond substituents is 1. The highest BCUT2D eigenvalue weighted by molar-refractivity contribution is 9.10. The molecule has 0 saturated carbocycles. The second kappa shape index (κ2) is 6.21. The van der Waals surface area contributed by atoms with Gasteiger partial charge < -0.3 is 15.2 Å². The number of aromatic nitrogens is 1. The lowest BCUT2D eigenvalue weighted by Crippen LogP contribution is -1.97. The largest absolute Gasteiger partial charge is 0.507 e. The molecule has 3 N–H and O–H groups in total. The normalized spacial score (nSPS) is 11.3. The minimum absolute atomic E-state index is 0.0471. The molecule has 0 saturated heterocycles. The number of halogens is 1. The summed E-state index contributed by atoms with van der Waals surface area (Å²) in [6.45, 7) is 0. The Morgan fingerprint density at radius 2 is 1.96 bits per heavy atom. The van der Waals surface area contributed by atoms with Crippen LogP contribution in [-0.4, -0.2) is 21.1 Å². The van der Waals surface area contributed by atoms with E-state index < -0.39 is 5.91 Å². The molecule has 1 heterocycles. The van der Waals surface area contributed by atoms with Crippen molar-refractivity contribution < 1.29 is 15.0 Å². The third kappa shape index (κ3) is 3.24. The van der Waals surface area contributed by atoms with Gasteiger partial charge >= 0.3 is 0 Å². The van der Waals surface area contributed by atoms with Crippen molar-refractivity contribution in [1.82, 2.24) is 4.98 Å². The van der Waals surface area contributed by atoms with Crippen molar-refractivity contribution in [2.45, 2.75) is 6.42 Å². The molecule has 7 heteroatoms. The van der Waals surface area contributed by atoms with E-state index in [1.807, 2.05) is 12.1 Å². The standard InChI is InChI=1S/C16H12BrN3O3/c17-11-7-9(5-6-13(11)21)8-14(22)19-20-15-10-3-1-2-4-12(10)18-16(15)23/h1-7,18,21,23H,8H2. The maximum absolute atomic E-state index is 11.9. The highest BCUT2D eigenvalue weighted by Crippen LogP contribution is 2.35. The topological polar surface area (TPSA) is 98.0 Å². The summed E-state index contributed by atoms with van der Waals surface area (Å²) in [5, 5.41) is 27.5. The summed E-state index contributed by atoms with van der Waals surface area (Å²) >= 11 is 3.19. The zero-order chi connectivity index (χ0) is 16.4. The van der Waals surface area contributed by atoms with Crippen LogP contribution in [0.4, 0.5) is 5.69 Å². The van der Waals surface area contributed by atoms with Crippen molar-refractivity contribution in [2.75, 3.05) is 0 Å². The van der Waals surface area contributed by atoms with E-state index in [9.17, 15) is 15.0 Å². The van der Waals surface area contributed by atoms with Crippen LogP contribution in [0, 0.1) is 0 Å². The number of benzene rings is 2. The zero-order valence-corrected chi connectivity index (χ0v) is 13.4. The fourth-order valence-electron chi connectivity index (χ4n) is 2.19. The Morgan fingerprint density at radius 1 is 1.17 bits per heavy atom. The highest BCUT2D eigenvalue weighted by atomic mass is 79.9. The second-order valence-electron chi connectivity index (χ2n) is 4.92. The molecule has 6 nitrogen and oxygen atoms in total. The first kappa shape index (κ1) is 15.2. The summed E-state index contributed by atoms with van der Waals surface area (Å²) in [7, 11) is 0. The summed E-state index contributed by atoms with van der Waals surface area (Å²) in [6.07, 6.45) is 0.0471. The van der Waals surface area contributed by atoms with Crippen LogP contribution in [0.3, 0.4) is 0 Å². The number of hydrogen-bond donors (Lipinski definition) is 3. The lowest BCUT2D eigenvalue weighted by molar-refractivity contribution is -0.117. The van der Waals surface area contributed by atoms with Gasteiger partial charge in [-0.2, -0.15) is 0 Å². The van der Waals surface area contributed by atoms with Gasteiger partial charge in [-0.15, -0.1) is 10.2 Å². The molecule has 0 bridgehead atoms. The van der Waals surface area contributed by atoms with Crippen LogP contribution in [0.1, 0.15) is 5.56 Å². The number of nitrogens with zero attached hydrogens (tertiary/aromatic N) is 2. The Hall–Kier alpha value is -2.67. The molecule has 0 fully saturated rings. The maximum atomic E-state index is 11.9. The van der Waals surface area contributed by atoms with Gasteiger partial charge in [0.2, 0.25) is 5.88 Å². The van der Waals surface area contributed by atoms with Crippen LogP contribution in [-0.2, 0) is 11.2 Å². The number of para-hydroxylation sites is 1. The van der Waals surface area contributed by atoms with E-state index in [1.54, 1.807) is 24.3 Å². The number of fused-ring (bicyclic) bond motifs is 1. The number of carbonyl (C=O) groups excluding carboxylic acids is 1. The van der Waals surface area contributed by atoms with Crippen molar-refractivity contribution >= 4 is 38.4 Å². The molecule has 0 aliphatic heterocycles. The molecule has 3 aromatic rings. The Bertz CT molecular complexity index is 918. The predicted molar refractivity (Wildman–Crippen MR) is 89.0 cm³/mol. The van der Waals surface area contributed by atoms with Gasteiger partial charge in [-0.3, -0.25) is 4.79 Å². The number of hydrogen-bond acceptors (Lipinski definition) is 4. The summed E-state index contributed by atoms with van der Waals surface area (Å²) in [6, 6.07) is 12.0. The number of carbonyl (C=O) groups is 1. The molecule has 0 atom stereocenters. The number of rotatable bonds is 3. The molecule has 0 aliphatic carbocycles. The molecule has 0 spiro atoms. The van der Waals surface area contributed by atoms with Crippen LogP contribution in [0.25, 0.3) is 10.9 Å². The first-order valence-electron chi connectivity index (χ1n) is 6.76. The third-order valence-corrected chi connectivity index (χ3v) is 3.92. The lowest BCUT2D eigenvalue weighted by atomic mass is 10.1. The van der Waals surface area contributed by atoms with Crippen molar-refractivity contribution in [3.8, 4) is 11.6 Å². The SMILES string of the molecule is O=C(Cc1ccc(O)c(Br)c1)N=Nc1c(O)[nH]c2ccccc12. The van der Waals surface area contributed by atoms with E-state index in [-0.39, 0.29) is 23.7 Å². The average molecular weight is 374 g/mol. The van der Waals surface area contributed by atoms with E-state index >= 15 is 0 Å². The number of aromatic amines is 1. The molecule has 0 radical (unpaired) electrons. The Balaban J connectivity index is 1.80. The van der Waals surface area contributed by atoms with Gasteiger partial charge in [0.1, 0.15) is 5.75 Å². The Morgan fingerprint density at radius 3 is 2.74 bits per heavy atom. The van der Waals surface area contributed by atoms with Gasteiger partial charge in [0, 0.05) is 5.39 Å². The number of phenols is 1. The fourth-order valence-corrected chi connectivity index (χ4v) is 2.62. The number of H-pyrrole nitrogens is 1. The zero-order valence-electron chi connectivity index (χ0n) is 11.8. The molecule has 3 rings (SSSR count). The van der Waals surface area contributed by atoms with E-state index in [0.29, 0.717) is 20.9 Å². The Labute approximate surface area is 139 Å². The summed E-state index contributed by atoms with van der Waals surface area (Å²) in [5.74, 6) is -0.478. The molecule has 0 aliphatic rings. The first-order valence-corrected chi connectivity index (χ1v) is 7.55. The van der Waals surface area contributed by atoms with Crippen molar-refractivity contribution in [3.05, 3.63) is 52.5 Å². The fraction of sp³-hybridized carbons (Fsp3) is 0.0625. The van der Waals surface area contributed by atoms with E-state index in [0.717, 1.165) is 0 Å². The minimum atomic E-state index is -0.452. The van der Waals surface area contributed by atoms with Gasteiger partial charge in [0.15, 0.2) is 5.69 Å². The number of amides is 1. The molecule has 1 amide bonds. The van der Waals surface area contributed by atoms with Gasteiger partial charge in [0.25, 0.3) is 5.91 Å². The van der Waals surface area contributed by atoms with Crippen LogP contribution >= 0.6 is 15.9 Å². The quantitative estimate of drug-likeness (QED) is 0.600. The third-order valence-electron chi connectivity index (χ3n) is 3.29. The molecule has 2 aromatic carbocycles. The van der Waals surface area contributed by atoms with E-state index in [1.165, 1.54) is 6.07 Å². The molecular formula is C16H12BrN3O3. The van der Waals surface area contributed by atoms with Crippen molar-refractivity contribution in [2.24, 2.45) is 10.2 Å². The van der Waals surface area contributed by atoms with Gasteiger partial charge in [-0.25, -0.2) is 0 Å². The summed E-state index contributed by atoms with van der Waals surface area (Å²) < 4.78 is 0.508. The van der Waals surface area contributed by atoms with Gasteiger partial charge in [-0.1, -0.05) is 24.3 Å². The van der Waals surface area contributed by atoms with Crippen molar-refractivity contribution in [3.63, 3.8) is 0 Å². The van der Waals surface area contributed by atoms with Crippen LogP contribution in [0.5, 0.6) is 11.6 Å². The number of azo groups is 1. The highest BCUT2D eigenvalue weighted by Gasteiger charge is 2.11. The number of aromatic hydroxyl groups is 2. The van der Waals surface area contributed by atoms with Gasteiger partial charge in [0.05, 0.1) is 16.4 Å². The Kier molecular flexibility index (Phi) is 4.12. The smallest absolute Gasteiger partial charge is 0.269 e. The van der Waals surface area contributed by atoms with Crippen LogP contribution < -0.4 is 0 Å². The minimum Gasteiger partial charge on any atom is -0.507 e. The summed E-state index contributed by atoms with van der Waals surface area (Å²) in [5.41, 5.74) is 1.65. The average Bonchev–Trinajstić information content (AvgIpc) is 2.84. The second-order valence-corrected chi connectivity index (χ2v) is 5.78. The van der Waals surface area contributed by atoms with Gasteiger partial charge in [-0.05, 0) is 39.7 Å². The first-order chi connectivity index (χ1) is 11.0. The number of nitrogens with one attached hydrogen (secondary N) is 1. The monoisotopic (exact) mass is 373 g/mol. The molecule has 116 valence electrons. The summed E-state index contributed by atoms with van der Waals surface area (Å²) in [4.78, 5) is 14.7. The van der Waals surface area contributed by atoms with Crippen LogP contribution in [0.2, 0.25) is 0 Å². The molecule has 0 unspecified atom stereocenters. The van der Waals surface area contributed by atoms with Crippen LogP contribution in [0.15, 0.2) is 57.2 Å². The maximum Gasteiger partial charge on any atom is 0.269 e.